The molecule has 0 heterocycles. The Morgan fingerprint density at radius 2 is 1.72 bits per heavy atom. The van der Waals surface area contributed by atoms with Crippen molar-refractivity contribution in [2.45, 2.75) is 0 Å². The number of nitrogens with one attached hydrogen (secondary N) is 1. The topological polar surface area (TPSA) is 73.9 Å². The van der Waals surface area contributed by atoms with E-state index < -0.39 is 18.5 Å². The second-order valence-corrected chi connectivity index (χ2v) is 5.60. The molecule has 6 nitrogen and oxygen atoms in total. The Hall–Kier alpha value is -2.44. The van der Waals surface area contributed by atoms with Crippen molar-refractivity contribution in [3.05, 3.63) is 52.0 Å². The molecule has 0 atom stereocenters. The van der Waals surface area contributed by atoms with E-state index in [1.807, 2.05) is 0 Å². The summed E-state index contributed by atoms with van der Waals surface area (Å²) >= 11 is 11.8. The standard InChI is InChI=1S/C17H15Cl2NO5/c1-23-10-6-7-13(14(8-10)24-2)20-15(21)9-25-17(22)16-11(18)4-3-5-12(16)19/h3-8H,9H2,1-2H3,(H,20,21). The first kappa shape index (κ1) is 18.9. The van der Waals surface area contributed by atoms with Gasteiger partial charge >= 0.3 is 5.97 Å². The number of benzene rings is 2. The largest absolute Gasteiger partial charge is 0.497 e. The maximum atomic E-state index is 12.0. The van der Waals surface area contributed by atoms with E-state index in [0.717, 1.165) is 0 Å². The predicted molar refractivity (Wildman–Crippen MR) is 94.9 cm³/mol. The maximum Gasteiger partial charge on any atom is 0.341 e. The summed E-state index contributed by atoms with van der Waals surface area (Å²) in [5.41, 5.74) is 0.431. The zero-order chi connectivity index (χ0) is 18.4. The van der Waals surface area contributed by atoms with E-state index in [9.17, 15) is 9.59 Å². The zero-order valence-corrected chi connectivity index (χ0v) is 15.0. The molecule has 2 rings (SSSR count). The molecule has 25 heavy (non-hydrogen) atoms. The van der Waals surface area contributed by atoms with Crippen molar-refractivity contribution in [2.75, 3.05) is 26.1 Å². The van der Waals surface area contributed by atoms with Gasteiger partial charge < -0.3 is 19.5 Å². The van der Waals surface area contributed by atoms with Gasteiger partial charge in [0.1, 0.15) is 11.5 Å². The lowest BCUT2D eigenvalue weighted by atomic mass is 10.2. The quantitative estimate of drug-likeness (QED) is 0.767. The molecule has 2 aromatic carbocycles. The number of halogens is 2. The Kier molecular flexibility index (Phi) is 6.50. The van der Waals surface area contributed by atoms with Gasteiger partial charge in [0, 0.05) is 6.07 Å². The molecule has 8 heteroatoms. The third kappa shape index (κ3) is 4.78. The van der Waals surface area contributed by atoms with Crippen LogP contribution in [0.1, 0.15) is 10.4 Å². The van der Waals surface area contributed by atoms with Gasteiger partial charge in [-0.2, -0.15) is 0 Å². The van der Waals surface area contributed by atoms with Crippen molar-refractivity contribution >= 4 is 40.8 Å². The van der Waals surface area contributed by atoms with Crippen LogP contribution in [0.4, 0.5) is 5.69 Å². The molecule has 1 amide bonds. The van der Waals surface area contributed by atoms with Gasteiger partial charge in [-0.25, -0.2) is 4.79 Å². The van der Waals surface area contributed by atoms with Gasteiger partial charge in [-0.1, -0.05) is 29.3 Å². The molecule has 0 fully saturated rings. The van der Waals surface area contributed by atoms with E-state index >= 15 is 0 Å². The first-order valence-electron chi connectivity index (χ1n) is 7.09. The molecule has 0 aliphatic carbocycles. The summed E-state index contributed by atoms with van der Waals surface area (Å²) in [4.78, 5) is 24.0. The Bertz CT molecular complexity index is 774. The van der Waals surface area contributed by atoms with Crippen LogP contribution in [0.15, 0.2) is 36.4 Å². The van der Waals surface area contributed by atoms with Crippen LogP contribution in [0.25, 0.3) is 0 Å². The Labute approximate surface area is 154 Å². The molecule has 0 aromatic heterocycles. The molecule has 2 aromatic rings. The van der Waals surface area contributed by atoms with E-state index in [0.29, 0.717) is 17.2 Å². The number of esters is 1. The van der Waals surface area contributed by atoms with Crippen molar-refractivity contribution in [2.24, 2.45) is 0 Å². The minimum absolute atomic E-state index is 0.0145. The molecule has 0 spiro atoms. The first-order valence-corrected chi connectivity index (χ1v) is 7.85. The highest BCUT2D eigenvalue weighted by Crippen LogP contribution is 2.29. The van der Waals surface area contributed by atoms with Crippen LogP contribution in [-0.4, -0.2) is 32.7 Å². The lowest BCUT2D eigenvalue weighted by Crippen LogP contribution is -2.21. The fraction of sp³-hybridized carbons (Fsp3) is 0.176. The molecule has 0 unspecified atom stereocenters. The van der Waals surface area contributed by atoms with E-state index in [1.165, 1.54) is 26.4 Å². The van der Waals surface area contributed by atoms with Crippen molar-refractivity contribution in [3.63, 3.8) is 0 Å². The van der Waals surface area contributed by atoms with Crippen LogP contribution < -0.4 is 14.8 Å². The fourth-order valence-electron chi connectivity index (χ4n) is 1.98. The number of rotatable bonds is 6. The predicted octanol–water partition coefficient (Wildman–Crippen LogP) is 3.81. The molecule has 0 bridgehead atoms. The SMILES string of the molecule is COc1ccc(NC(=O)COC(=O)c2c(Cl)cccc2Cl)c(OC)c1. The summed E-state index contributed by atoms with van der Waals surface area (Å²) in [6.45, 7) is -0.504. The van der Waals surface area contributed by atoms with Crippen LogP contribution in [0, 0.1) is 0 Å². The number of hydrogen-bond acceptors (Lipinski definition) is 5. The van der Waals surface area contributed by atoms with Crippen LogP contribution in [0.3, 0.4) is 0 Å². The Morgan fingerprint density at radius 3 is 2.32 bits per heavy atom. The number of carbonyl (C=O) groups is 2. The molecule has 0 aliphatic heterocycles. The summed E-state index contributed by atoms with van der Waals surface area (Å²) in [6, 6.07) is 9.50. The Morgan fingerprint density at radius 1 is 1.04 bits per heavy atom. The van der Waals surface area contributed by atoms with Gasteiger partial charge in [0.25, 0.3) is 5.91 Å². The van der Waals surface area contributed by atoms with Crippen LogP contribution >= 0.6 is 23.2 Å². The monoisotopic (exact) mass is 383 g/mol. The molecule has 0 radical (unpaired) electrons. The number of amides is 1. The normalized spacial score (nSPS) is 10.1. The minimum atomic E-state index is -0.785. The maximum absolute atomic E-state index is 12.0. The summed E-state index contributed by atoms with van der Waals surface area (Å²) in [7, 11) is 2.98. The average molecular weight is 384 g/mol. The van der Waals surface area contributed by atoms with E-state index in [4.69, 9.17) is 37.4 Å². The zero-order valence-electron chi connectivity index (χ0n) is 13.5. The molecule has 0 saturated heterocycles. The molecule has 132 valence electrons. The first-order chi connectivity index (χ1) is 12.0. The smallest absolute Gasteiger partial charge is 0.341 e. The van der Waals surface area contributed by atoms with Crippen LogP contribution in [0.2, 0.25) is 10.0 Å². The highest BCUT2D eigenvalue weighted by molar-refractivity contribution is 6.39. The number of carbonyl (C=O) groups excluding carboxylic acids is 2. The molecule has 1 N–H and O–H groups in total. The second kappa shape index (κ2) is 8.60. The number of methoxy groups -OCH3 is 2. The highest BCUT2D eigenvalue weighted by Gasteiger charge is 2.18. The summed E-state index contributed by atoms with van der Waals surface area (Å²) < 4.78 is 15.2. The molecular weight excluding hydrogens is 369 g/mol. The summed E-state index contributed by atoms with van der Waals surface area (Å²) in [5, 5.41) is 2.88. The van der Waals surface area contributed by atoms with Gasteiger partial charge in [-0.3, -0.25) is 4.79 Å². The lowest BCUT2D eigenvalue weighted by Gasteiger charge is -2.12. The third-order valence-corrected chi connectivity index (χ3v) is 3.81. The van der Waals surface area contributed by atoms with E-state index in [2.05, 4.69) is 5.32 Å². The van der Waals surface area contributed by atoms with Gasteiger partial charge in [0.05, 0.1) is 35.5 Å². The summed E-state index contributed by atoms with van der Waals surface area (Å²) in [6.07, 6.45) is 0. The number of ether oxygens (including phenoxy) is 3. The van der Waals surface area contributed by atoms with Gasteiger partial charge in [-0.05, 0) is 24.3 Å². The van der Waals surface area contributed by atoms with Crippen molar-refractivity contribution in [3.8, 4) is 11.5 Å². The molecule has 0 aliphatic rings. The van der Waals surface area contributed by atoms with E-state index in [-0.39, 0.29) is 15.6 Å². The van der Waals surface area contributed by atoms with Crippen LogP contribution in [0.5, 0.6) is 11.5 Å². The summed E-state index contributed by atoms with van der Waals surface area (Å²) in [5.74, 6) is -0.338. The van der Waals surface area contributed by atoms with Crippen molar-refractivity contribution < 1.29 is 23.8 Å². The van der Waals surface area contributed by atoms with E-state index in [1.54, 1.807) is 24.3 Å². The molecule has 0 saturated carbocycles. The van der Waals surface area contributed by atoms with Gasteiger partial charge in [0.15, 0.2) is 6.61 Å². The fourth-order valence-corrected chi connectivity index (χ4v) is 2.54. The lowest BCUT2D eigenvalue weighted by molar-refractivity contribution is -0.119. The van der Waals surface area contributed by atoms with Crippen LogP contribution in [-0.2, 0) is 9.53 Å². The number of hydrogen-bond donors (Lipinski definition) is 1. The highest BCUT2D eigenvalue weighted by atomic mass is 35.5. The average Bonchev–Trinajstić information content (AvgIpc) is 2.60. The molecular formula is C17H15Cl2NO5. The minimum Gasteiger partial charge on any atom is -0.497 e. The number of anilines is 1. The van der Waals surface area contributed by atoms with Gasteiger partial charge in [0.2, 0.25) is 0 Å². The van der Waals surface area contributed by atoms with Gasteiger partial charge in [-0.15, -0.1) is 0 Å². The van der Waals surface area contributed by atoms with Crippen molar-refractivity contribution in [1.82, 2.24) is 0 Å². The van der Waals surface area contributed by atoms with Crippen molar-refractivity contribution in [1.29, 1.82) is 0 Å². The Balaban J connectivity index is 2.00. The second-order valence-electron chi connectivity index (χ2n) is 4.79. The third-order valence-electron chi connectivity index (χ3n) is 3.18.